The van der Waals surface area contributed by atoms with E-state index in [2.05, 4.69) is 21.7 Å². The molecule has 0 atom stereocenters. The average molecular weight is 350 g/mol. The normalized spacial score (nSPS) is 10.3. The highest BCUT2D eigenvalue weighted by atomic mass is 32.1. The fourth-order valence-corrected chi connectivity index (χ4v) is 3.28. The van der Waals surface area contributed by atoms with Crippen LogP contribution in [0.25, 0.3) is 10.4 Å². The van der Waals surface area contributed by atoms with Crippen molar-refractivity contribution in [1.82, 2.24) is 4.98 Å². The van der Waals surface area contributed by atoms with Crippen molar-refractivity contribution in [1.29, 1.82) is 5.41 Å². The smallest absolute Gasteiger partial charge is 0.256 e. The predicted octanol–water partition coefficient (Wildman–Crippen LogP) is 3.48. The first kappa shape index (κ1) is 16.7. The maximum absolute atomic E-state index is 12.3. The number of aryl methyl sites for hydroxylation is 1. The molecule has 6 nitrogen and oxygen atoms in total. The second-order valence-corrected chi connectivity index (χ2v) is 6.28. The predicted molar refractivity (Wildman–Crippen MR) is 101 cm³/mol. The summed E-state index contributed by atoms with van der Waals surface area (Å²) >= 11 is 1.40. The second-order valence-electron chi connectivity index (χ2n) is 5.28. The molecular formula is C18H16N5OS. The maximum atomic E-state index is 12.3. The standard InChI is InChI=1S/C18H16N5OS/c1-11-15(25-18(21-11)23-17(19)20)13-8-5-9-14(10-13)22-16(24)12-6-3-2-4-7-12/h2-6,8-10H,1H3,(H,22,24)(H4,19,20,21,23). The number of thiazole rings is 1. The lowest BCUT2D eigenvalue weighted by Gasteiger charge is -2.07. The summed E-state index contributed by atoms with van der Waals surface area (Å²) in [6, 6.07) is 17.5. The summed E-state index contributed by atoms with van der Waals surface area (Å²) in [5.74, 6) is -0.363. The Kier molecular flexibility index (Phi) is 4.76. The summed E-state index contributed by atoms with van der Waals surface area (Å²) in [5, 5.41) is 13.4. The molecule has 2 aromatic carbocycles. The fraction of sp³-hybridized carbons (Fsp3) is 0.0556. The first-order valence-corrected chi connectivity index (χ1v) is 8.31. The molecule has 0 aliphatic carbocycles. The van der Waals surface area contributed by atoms with E-state index in [4.69, 9.17) is 11.1 Å². The van der Waals surface area contributed by atoms with Crippen molar-refractivity contribution < 1.29 is 4.79 Å². The number of amides is 1. The zero-order valence-electron chi connectivity index (χ0n) is 13.5. The van der Waals surface area contributed by atoms with Gasteiger partial charge in [-0.3, -0.25) is 10.2 Å². The number of hydrogen-bond donors (Lipinski definition) is 4. The first-order valence-electron chi connectivity index (χ1n) is 7.50. The van der Waals surface area contributed by atoms with Crippen LogP contribution in [0.4, 0.5) is 10.8 Å². The number of aromatic nitrogens is 1. The summed E-state index contributed by atoms with van der Waals surface area (Å²) in [4.78, 5) is 17.6. The van der Waals surface area contributed by atoms with Crippen molar-refractivity contribution in [3.8, 4) is 10.4 Å². The Morgan fingerprint density at radius 1 is 1.24 bits per heavy atom. The number of rotatable bonds is 4. The van der Waals surface area contributed by atoms with Gasteiger partial charge in [-0.2, -0.15) is 0 Å². The molecule has 0 aliphatic heterocycles. The Morgan fingerprint density at radius 2 is 2.08 bits per heavy atom. The molecule has 3 aromatic rings. The molecule has 0 saturated carbocycles. The van der Waals surface area contributed by atoms with Crippen molar-refractivity contribution >= 4 is 34.0 Å². The quantitative estimate of drug-likeness (QED) is 0.427. The number of nitrogens with two attached hydrogens (primary N) is 1. The molecular weight excluding hydrogens is 334 g/mol. The molecule has 1 heterocycles. The second kappa shape index (κ2) is 7.14. The van der Waals surface area contributed by atoms with Gasteiger partial charge in [-0.25, -0.2) is 4.98 Å². The van der Waals surface area contributed by atoms with Gasteiger partial charge in [-0.1, -0.05) is 41.7 Å². The third kappa shape index (κ3) is 4.02. The van der Waals surface area contributed by atoms with Crippen LogP contribution in [0.5, 0.6) is 0 Å². The molecule has 0 aliphatic rings. The van der Waals surface area contributed by atoms with Gasteiger partial charge >= 0.3 is 0 Å². The van der Waals surface area contributed by atoms with Crippen LogP contribution in [-0.4, -0.2) is 16.9 Å². The Bertz CT molecular complexity index is 920. The fourth-order valence-electron chi connectivity index (χ4n) is 2.30. The molecule has 0 fully saturated rings. The Hall–Kier alpha value is -3.19. The van der Waals surface area contributed by atoms with Crippen LogP contribution in [0.3, 0.4) is 0 Å². The largest absolute Gasteiger partial charge is 0.370 e. The van der Waals surface area contributed by atoms with Gasteiger partial charge < -0.3 is 16.4 Å². The highest BCUT2D eigenvalue weighted by molar-refractivity contribution is 7.19. The molecule has 125 valence electrons. The van der Waals surface area contributed by atoms with Gasteiger partial charge in [0.05, 0.1) is 10.6 Å². The minimum Gasteiger partial charge on any atom is -0.370 e. The summed E-state index contributed by atoms with van der Waals surface area (Å²) in [6.45, 7) is 1.89. The monoisotopic (exact) mass is 350 g/mol. The number of anilines is 2. The van der Waals surface area contributed by atoms with Gasteiger partial charge in [0, 0.05) is 11.3 Å². The molecule has 5 N–H and O–H groups in total. The molecule has 0 bridgehead atoms. The van der Waals surface area contributed by atoms with Crippen molar-refractivity contribution in [2.75, 3.05) is 10.6 Å². The number of carbonyl (C=O) groups is 1. The van der Waals surface area contributed by atoms with E-state index in [1.807, 2.05) is 37.3 Å². The van der Waals surface area contributed by atoms with E-state index >= 15 is 0 Å². The van der Waals surface area contributed by atoms with Crippen LogP contribution in [0, 0.1) is 18.4 Å². The van der Waals surface area contributed by atoms with E-state index in [0.717, 1.165) is 16.1 Å². The van der Waals surface area contributed by atoms with Gasteiger partial charge in [-0.05, 0) is 36.8 Å². The number of carbonyl (C=O) groups excluding carboxylic acids is 1. The van der Waals surface area contributed by atoms with E-state index in [9.17, 15) is 4.79 Å². The zero-order chi connectivity index (χ0) is 17.8. The van der Waals surface area contributed by atoms with Gasteiger partial charge in [0.15, 0.2) is 11.1 Å². The van der Waals surface area contributed by atoms with Crippen molar-refractivity contribution in [2.45, 2.75) is 6.92 Å². The highest BCUT2D eigenvalue weighted by Gasteiger charge is 2.12. The van der Waals surface area contributed by atoms with E-state index in [-0.39, 0.29) is 11.9 Å². The molecule has 25 heavy (non-hydrogen) atoms. The number of benzene rings is 2. The van der Waals surface area contributed by atoms with E-state index in [1.165, 1.54) is 11.3 Å². The summed E-state index contributed by atoms with van der Waals surface area (Å²) in [7, 11) is 0. The molecule has 0 unspecified atom stereocenters. The first-order chi connectivity index (χ1) is 12.0. The number of nitrogens with zero attached hydrogens (tertiary/aromatic N) is 1. The van der Waals surface area contributed by atoms with Crippen LogP contribution in [0.1, 0.15) is 16.1 Å². The Balaban J connectivity index is 1.83. The molecule has 3 rings (SSSR count). The van der Waals surface area contributed by atoms with Crippen LogP contribution in [0.2, 0.25) is 0 Å². The van der Waals surface area contributed by atoms with E-state index < -0.39 is 0 Å². The Morgan fingerprint density at radius 3 is 2.80 bits per heavy atom. The molecule has 7 heteroatoms. The third-order valence-corrected chi connectivity index (χ3v) is 4.50. The van der Waals surface area contributed by atoms with Crippen molar-refractivity contribution in [3.05, 3.63) is 65.9 Å². The molecule has 1 amide bonds. The number of nitrogens with one attached hydrogen (secondary N) is 3. The maximum Gasteiger partial charge on any atom is 0.256 e. The minimum absolute atomic E-state index is 0.152. The van der Waals surface area contributed by atoms with Crippen LogP contribution in [0.15, 0.2) is 48.5 Å². The van der Waals surface area contributed by atoms with Crippen LogP contribution < -0.4 is 16.4 Å². The zero-order valence-corrected chi connectivity index (χ0v) is 14.3. The SMILES string of the molecule is Cc1nc(NC(=N)N)sc1-c1cccc(NC(=O)c2[c]cccc2)c1. The summed E-state index contributed by atoms with van der Waals surface area (Å²) in [5.41, 5.74) is 8.27. The highest BCUT2D eigenvalue weighted by Crippen LogP contribution is 2.33. The number of hydrogen-bond acceptors (Lipinski definition) is 4. The van der Waals surface area contributed by atoms with Crippen LogP contribution >= 0.6 is 11.3 Å². The van der Waals surface area contributed by atoms with Gasteiger partial charge in [0.1, 0.15) is 0 Å². The average Bonchev–Trinajstić information content (AvgIpc) is 2.95. The van der Waals surface area contributed by atoms with Crippen LogP contribution in [-0.2, 0) is 0 Å². The minimum atomic E-state index is -0.210. The lowest BCUT2D eigenvalue weighted by atomic mass is 10.1. The van der Waals surface area contributed by atoms with E-state index in [0.29, 0.717) is 16.4 Å². The third-order valence-electron chi connectivity index (χ3n) is 3.37. The van der Waals surface area contributed by atoms with Crippen molar-refractivity contribution in [2.24, 2.45) is 5.73 Å². The topological polar surface area (TPSA) is 104 Å². The van der Waals surface area contributed by atoms with Gasteiger partial charge in [-0.15, -0.1) is 0 Å². The Labute approximate surface area is 149 Å². The molecule has 0 spiro atoms. The van der Waals surface area contributed by atoms with Crippen molar-refractivity contribution in [3.63, 3.8) is 0 Å². The summed E-state index contributed by atoms with van der Waals surface area (Å²) in [6.07, 6.45) is 0. The molecule has 0 saturated heterocycles. The lowest BCUT2D eigenvalue weighted by Crippen LogP contribution is -2.20. The lowest BCUT2D eigenvalue weighted by molar-refractivity contribution is 0.102. The summed E-state index contributed by atoms with van der Waals surface area (Å²) < 4.78 is 0. The van der Waals surface area contributed by atoms with Gasteiger partial charge in [0.25, 0.3) is 5.91 Å². The van der Waals surface area contributed by atoms with E-state index in [1.54, 1.807) is 18.2 Å². The molecule has 1 aromatic heterocycles. The van der Waals surface area contributed by atoms with Gasteiger partial charge in [0.2, 0.25) is 0 Å². The number of guanidine groups is 1. The molecule has 1 radical (unpaired) electrons.